The van der Waals surface area contributed by atoms with E-state index >= 15 is 0 Å². The van der Waals surface area contributed by atoms with Crippen LogP contribution in [0.5, 0.6) is 5.75 Å². The van der Waals surface area contributed by atoms with Crippen molar-refractivity contribution in [2.24, 2.45) is 0 Å². The van der Waals surface area contributed by atoms with Gasteiger partial charge in [0, 0.05) is 25.4 Å². The van der Waals surface area contributed by atoms with Gasteiger partial charge in [0.1, 0.15) is 17.7 Å². The summed E-state index contributed by atoms with van der Waals surface area (Å²) in [7, 11) is 0. The number of alkyl halides is 2. The zero-order chi connectivity index (χ0) is 13.9. The molecular formula is C14H15F2N3O. The van der Waals surface area contributed by atoms with E-state index in [2.05, 4.69) is 10.3 Å². The van der Waals surface area contributed by atoms with E-state index in [1.54, 1.807) is 0 Å². The first kappa shape index (κ1) is 13.1. The Labute approximate surface area is 115 Å². The number of rotatable bonds is 5. The van der Waals surface area contributed by atoms with E-state index in [9.17, 15) is 8.78 Å². The first-order chi connectivity index (χ1) is 9.74. The molecule has 1 aliphatic heterocycles. The highest BCUT2D eigenvalue weighted by molar-refractivity contribution is 5.37. The van der Waals surface area contributed by atoms with Crippen molar-refractivity contribution in [3.63, 3.8) is 0 Å². The van der Waals surface area contributed by atoms with Gasteiger partial charge in [0.05, 0.1) is 6.54 Å². The normalized spacial score (nSPS) is 17.2. The Kier molecular flexibility index (Phi) is 3.64. The molecule has 2 heterocycles. The van der Waals surface area contributed by atoms with Crippen LogP contribution in [0.3, 0.4) is 0 Å². The minimum atomic E-state index is -2.55. The number of halogens is 2. The van der Waals surface area contributed by atoms with E-state index in [0.29, 0.717) is 18.9 Å². The number of imidazole rings is 1. The molecule has 1 aliphatic rings. The van der Waals surface area contributed by atoms with Crippen molar-refractivity contribution >= 4 is 0 Å². The zero-order valence-electron chi connectivity index (χ0n) is 10.8. The average molecular weight is 279 g/mol. The molecular weight excluding hydrogens is 264 g/mol. The Hall–Kier alpha value is -1.95. The number of nitrogens with one attached hydrogen (secondary N) is 1. The predicted octanol–water partition coefficient (Wildman–Crippen LogP) is 2.37. The second-order valence-electron chi connectivity index (χ2n) is 4.71. The number of para-hydroxylation sites is 1. The largest absolute Gasteiger partial charge is 0.488 e. The van der Waals surface area contributed by atoms with E-state index in [4.69, 9.17) is 4.74 Å². The van der Waals surface area contributed by atoms with Crippen molar-refractivity contribution < 1.29 is 13.5 Å². The molecule has 0 radical (unpaired) electrons. The lowest BCUT2D eigenvalue weighted by atomic mass is 10.1. The number of ether oxygens (including phenoxy) is 1. The summed E-state index contributed by atoms with van der Waals surface area (Å²) < 4.78 is 31.9. The highest BCUT2D eigenvalue weighted by Crippen LogP contribution is 2.27. The van der Waals surface area contributed by atoms with Crippen LogP contribution < -0.4 is 10.1 Å². The number of fused-ring (bicyclic) bond motifs is 1. The summed E-state index contributed by atoms with van der Waals surface area (Å²) in [4.78, 5) is 3.92. The van der Waals surface area contributed by atoms with Crippen LogP contribution in [0.2, 0.25) is 0 Å². The number of hydrogen-bond donors (Lipinski definition) is 1. The maximum Gasteiger partial charge on any atom is 0.319 e. The molecule has 0 amide bonds. The van der Waals surface area contributed by atoms with Crippen LogP contribution in [0.4, 0.5) is 8.78 Å². The molecule has 106 valence electrons. The van der Waals surface area contributed by atoms with Gasteiger partial charge in [-0.25, -0.2) is 4.98 Å². The summed E-state index contributed by atoms with van der Waals surface area (Å²) in [5, 5.41) is 3.12. The third-order valence-electron chi connectivity index (χ3n) is 3.33. The van der Waals surface area contributed by atoms with Crippen LogP contribution >= 0.6 is 0 Å². The van der Waals surface area contributed by atoms with Crippen LogP contribution in [0.25, 0.3) is 0 Å². The van der Waals surface area contributed by atoms with Gasteiger partial charge in [-0.15, -0.1) is 0 Å². The van der Waals surface area contributed by atoms with Crippen molar-refractivity contribution in [1.29, 1.82) is 0 Å². The molecule has 0 fully saturated rings. The lowest BCUT2D eigenvalue weighted by Gasteiger charge is -2.12. The molecule has 0 saturated heterocycles. The quantitative estimate of drug-likeness (QED) is 0.913. The Balaban J connectivity index is 1.51. The van der Waals surface area contributed by atoms with E-state index in [1.165, 1.54) is 18.0 Å². The maximum absolute atomic E-state index is 12.6. The minimum absolute atomic E-state index is 0.0439. The molecule has 1 unspecified atom stereocenters. The summed E-state index contributed by atoms with van der Waals surface area (Å²) in [5.41, 5.74) is 1.19. The molecule has 4 nitrogen and oxygen atoms in total. The molecule has 3 rings (SSSR count). The lowest BCUT2D eigenvalue weighted by Crippen LogP contribution is -2.30. The van der Waals surface area contributed by atoms with Crippen LogP contribution in [0.1, 0.15) is 17.9 Å². The summed E-state index contributed by atoms with van der Waals surface area (Å²) in [5.74, 6) is 1.24. The third-order valence-corrected chi connectivity index (χ3v) is 3.33. The van der Waals surface area contributed by atoms with Crippen molar-refractivity contribution in [3.8, 4) is 5.75 Å². The molecule has 1 aromatic carbocycles. The van der Waals surface area contributed by atoms with Gasteiger partial charge in [-0.2, -0.15) is 8.78 Å². The van der Waals surface area contributed by atoms with Gasteiger partial charge in [-0.3, -0.25) is 4.57 Å². The second-order valence-corrected chi connectivity index (χ2v) is 4.71. The van der Waals surface area contributed by atoms with E-state index < -0.39 is 6.55 Å². The van der Waals surface area contributed by atoms with E-state index in [-0.39, 0.29) is 6.10 Å². The van der Waals surface area contributed by atoms with Crippen LogP contribution in [0.15, 0.2) is 36.7 Å². The molecule has 20 heavy (non-hydrogen) atoms. The van der Waals surface area contributed by atoms with Crippen molar-refractivity contribution in [2.45, 2.75) is 25.6 Å². The Bertz CT molecular complexity index is 560. The molecule has 0 spiro atoms. The fourth-order valence-corrected chi connectivity index (χ4v) is 2.37. The average Bonchev–Trinajstić information content (AvgIpc) is 3.04. The number of benzene rings is 1. The van der Waals surface area contributed by atoms with Gasteiger partial charge in [-0.1, -0.05) is 18.2 Å². The molecule has 1 atom stereocenters. The Morgan fingerprint density at radius 3 is 3.05 bits per heavy atom. The molecule has 1 N–H and O–H groups in total. The van der Waals surface area contributed by atoms with E-state index in [1.807, 2.05) is 24.3 Å². The maximum atomic E-state index is 12.6. The van der Waals surface area contributed by atoms with Crippen molar-refractivity contribution in [1.82, 2.24) is 14.9 Å². The highest BCUT2D eigenvalue weighted by atomic mass is 19.3. The molecule has 0 bridgehead atoms. The molecule has 0 saturated carbocycles. The van der Waals surface area contributed by atoms with Crippen LogP contribution in [-0.4, -0.2) is 22.2 Å². The molecule has 2 aromatic rings. The zero-order valence-corrected chi connectivity index (χ0v) is 10.8. The fraction of sp³-hybridized carbons (Fsp3) is 0.357. The third kappa shape index (κ3) is 2.65. The first-order valence-corrected chi connectivity index (χ1v) is 6.49. The number of hydrogen-bond acceptors (Lipinski definition) is 3. The van der Waals surface area contributed by atoms with Gasteiger partial charge < -0.3 is 10.1 Å². The topological polar surface area (TPSA) is 39.1 Å². The standard InChI is InChI=1S/C14H15F2N3O/c15-14(16)19-6-5-18-13(19)9-17-8-11-7-10-3-1-2-4-12(10)20-11/h1-6,11,14,17H,7-9H2. The Morgan fingerprint density at radius 1 is 1.40 bits per heavy atom. The van der Waals surface area contributed by atoms with Crippen LogP contribution in [-0.2, 0) is 13.0 Å². The van der Waals surface area contributed by atoms with Crippen molar-refractivity contribution in [2.75, 3.05) is 6.54 Å². The summed E-state index contributed by atoms with van der Waals surface area (Å²) in [6.45, 7) is -1.65. The Morgan fingerprint density at radius 2 is 2.25 bits per heavy atom. The molecule has 1 aromatic heterocycles. The number of aromatic nitrogens is 2. The molecule has 0 aliphatic carbocycles. The SMILES string of the molecule is FC(F)n1ccnc1CNCC1Cc2ccccc2O1. The summed E-state index contributed by atoms with van der Waals surface area (Å²) >= 11 is 0. The van der Waals surface area contributed by atoms with Gasteiger partial charge in [0.2, 0.25) is 0 Å². The predicted molar refractivity (Wildman–Crippen MR) is 69.7 cm³/mol. The van der Waals surface area contributed by atoms with Gasteiger partial charge >= 0.3 is 6.55 Å². The second kappa shape index (κ2) is 5.58. The van der Waals surface area contributed by atoms with Gasteiger partial charge in [-0.05, 0) is 11.6 Å². The van der Waals surface area contributed by atoms with E-state index in [0.717, 1.165) is 16.7 Å². The van der Waals surface area contributed by atoms with Gasteiger partial charge in [0.25, 0.3) is 0 Å². The first-order valence-electron chi connectivity index (χ1n) is 6.49. The van der Waals surface area contributed by atoms with Crippen LogP contribution in [0, 0.1) is 0 Å². The smallest absolute Gasteiger partial charge is 0.319 e. The minimum Gasteiger partial charge on any atom is -0.488 e. The summed E-state index contributed by atoms with van der Waals surface area (Å²) in [6, 6.07) is 7.91. The highest BCUT2D eigenvalue weighted by Gasteiger charge is 2.22. The number of nitrogens with zero attached hydrogens (tertiary/aromatic N) is 2. The van der Waals surface area contributed by atoms with Gasteiger partial charge in [0.15, 0.2) is 0 Å². The summed E-state index contributed by atoms with van der Waals surface area (Å²) in [6.07, 6.45) is 3.55. The lowest BCUT2D eigenvalue weighted by molar-refractivity contribution is 0.0665. The van der Waals surface area contributed by atoms with Crippen molar-refractivity contribution in [3.05, 3.63) is 48.0 Å². The molecule has 6 heteroatoms. The fourth-order valence-electron chi connectivity index (χ4n) is 2.37. The monoisotopic (exact) mass is 279 g/mol.